The van der Waals surface area contributed by atoms with Gasteiger partial charge in [0, 0.05) is 36.4 Å². The maximum Gasteiger partial charge on any atom is 0.271 e. The van der Waals surface area contributed by atoms with Crippen molar-refractivity contribution in [2.45, 2.75) is 20.3 Å². The topological polar surface area (TPSA) is 75.9 Å². The van der Waals surface area contributed by atoms with E-state index < -0.39 is 0 Å². The molecule has 7 nitrogen and oxygen atoms in total. The second-order valence-electron chi connectivity index (χ2n) is 5.90. The molecule has 0 radical (unpaired) electrons. The highest BCUT2D eigenvalue weighted by atomic mass is 32.1. The van der Waals surface area contributed by atoms with Crippen LogP contribution in [0.25, 0.3) is 4.96 Å². The number of aryl methyl sites for hydroxylation is 2. The maximum absolute atomic E-state index is 12.5. The second kappa shape index (κ2) is 7.42. The van der Waals surface area contributed by atoms with Crippen molar-refractivity contribution >= 4 is 22.2 Å². The standard InChI is InChI=1S/C16H22N4O3S/c1-11-12(2)24-16-18-10-13(15(22)20(11)16)14(21)17-4-3-5-19-6-8-23-9-7-19/h10H,3-9H2,1-2H3,(H,17,21). The van der Waals surface area contributed by atoms with Gasteiger partial charge in [-0.15, -0.1) is 11.3 Å². The molecule has 24 heavy (non-hydrogen) atoms. The Kier molecular flexibility index (Phi) is 5.27. The molecule has 0 atom stereocenters. The van der Waals surface area contributed by atoms with Crippen LogP contribution in [0.2, 0.25) is 0 Å². The van der Waals surface area contributed by atoms with Gasteiger partial charge in [-0.25, -0.2) is 4.98 Å². The highest BCUT2D eigenvalue weighted by molar-refractivity contribution is 7.17. The molecule has 0 saturated carbocycles. The van der Waals surface area contributed by atoms with Gasteiger partial charge in [-0.3, -0.25) is 18.9 Å². The maximum atomic E-state index is 12.5. The van der Waals surface area contributed by atoms with E-state index in [1.54, 1.807) is 0 Å². The Morgan fingerprint density at radius 2 is 2.12 bits per heavy atom. The number of thiazole rings is 1. The van der Waals surface area contributed by atoms with Crippen LogP contribution < -0.4 is 10.9 Å². The van der Waals surface area contributed by atoms with E-state index >= 15 is 0 Å². The molecule has 0 aliphatic carbocycles. The van der Waals surface area contributed by atoms with E-state index in [0.29, 0.717) is 11.5 Å². The van der Waals surface area contributed by atoms with Crippen LogP contribution in [0.15, 0.2) is 11.0 Å². The summed E-state index contributed by atoms with van der Waals surface area (Å²) in [7, 11) is 0. The molecule has 1 N–H and O–H groups in total. The SMILES string of the molecule is Cc1sc2ncc(C(=O)NCCCN3CCOCC3)c(=O)n2c1C. The minimum Gasteiger partial charge on any atom is -0.379 e. The van der Waals surface area contributed by atoms with Crippen LogP contribution >= 0.6 is 11.3 Å². The Bertz CT molecular complexity index is 792. The number of hydrogen-bond acceptors (Lipinski definition) is 6. The molecule has 0 unspecified atom stereocenters. The summed E-state index contributed by atoms with van der Waals surface area (Å²) < 4.78 is 6.82. The summed E-state index contributed by atoms with van der Waals surface area (Å²) in [6.07, 6.45) is 2.23. The molecule has 0 aromatic carbocycles. The predicted octanol–water partition coefficient (Wildman–Crippen LogP) is 0.825. The van der Waals surface area contributed by atoms with Gasteiger partial charge in [-0.05, 0) is 26.8 Å². The predicted molar refractivity (Wildman–Crippen MR) is 93.0 cm³/mol. The normalized spacial score (nSPS) is 15.8. The monoisotopic (exact) mass is 350 g/mol. The van der Waals surface area contributed by atoms with E-state index in [4.69, 9.17) is 4.74 Å². The number of carbonyl (C=O) groups excluding carboxylic acids is 1. The lowest BCUT2D eigenvalue weighted by Gasteiger charge is -2.26. The lowest BCUT2D eigenvalue weighted by molar-refractivity contribution is 0.0374. The van der Waals surface area contributed by atoms with Crippen molar-refractivity contribution < 1.29 is 9.53 Å². The minimum absolute atomic E-state index is 0.0970. The fourth-order valence-corrected chi connectivity index (χ4v) is 3.69. The third-order valence-electron chi connectivity index (χ3n) is 4.30. The molecule has 1 amide bonds. The van der Waals surface area contributed by atoms with Crippen molar-refractivity contribution in [2.75, 3.05) is 39.4 Å². The molecule has 0 spiro atoms. The van der Waals surface area contributed by atoms with Crippen molar-refractivity contribution in [2.24, 2.45) is 0 Å². The van der Waals surface area contributed by atoms with Crippen LogP contribution in [0.3, 0.4) is 0 Å². The van der Waals surface area contributed by atoms with E-state index in [9.17, 15) is 9.59 Å². The Labute approximate surface area is 144 Å². The Balaban J connectivity index is 1.60. The fraction of sp³-hybridized carbons (Fsp3) is 0.562. The summed E-state index contributed by atoms with van der Waals surface area (Å²) in [5.41, 5.74) is 0.641. The summed E-state index contributed by atoms with van der Waals surface area (Å²) in [6.45, 7) is 8.69. The van der Waals surface area contributed by atoms with E-state index in [2.05, 4.69) is 15.2 Å². The second-order valence-corrected chi connectivity index (χ2v) is 7.08. The van der Waals surface area contributed by atoms with Crippen molar-refractivity contribution in [3.8, 4) is 0 Å². The number of nitrogens with zero attached hydrogens (tertiary/aromatic N) is 3. The third-order valence-corrected chi connectivity index (χ3v) is 5.38. The van der Waals surface area contributed by atoms with Gasteiger partial charge in [0.15, 0.2) is 4.96 Å². The van der Waals surface area contributed by atoms with Crippen LogP contribution in [0, 0.1) is 13.8 Å². The Morgan fingerprint density at radius 3 is 2.88 bits per heavy atom. The van der Waals surface area contributed by atoms with E-state index in [1.165, 1.54) is 21.9 Å². The molecule has 0 bridgehead atoms. The highest BCUT2D eigenvalue weighted by Crippen LogP contribution is 2.18. The van der Waals surface area contributed by atoms with Gasteiger partial charge in [-0.1, -0.05) is 0 Å². The van der Waals surface area contributed by atoms with Gasteiger partial charge in [0.25, 0.3) is 11.5 Å². The van der Waals surface area contributed by atoms with Crippen molar-refractivity contribution in [3.05, 3.63) is 32.7 Å². The first kappa shape index (κ1) is 17.1. The molecular weight excluding hydrogens is 328 g/mol. The number of carbonyl (C=O) groups is 1. The van der Waals surface area contributed by atoms with Crippen LogP contribution in [0.1, 0.15) is 27.3 Å². The van der Waals surface area contributed by atoms with Crippen molar-refractivity contribution in [3.63, 3.8) is 0 Å². The molecule has 1 saturated heterocycles. The van der Waals surface area contributed by atoms with Gasteiger partial charge in [0.1, 0.15) is 5.56 Å². The summed E-state index contributed by atoms with van der Waals surface area (Å²) in [4.78, 5) is 33.0. The zero-order valence-corrected chi connectivity index (χ0v) is 14.8. The Hall–Kier alpha value is -1.77. The number of amides is 1. The number of rotatable bonds is 5. The van der Waals surface area contributed by atoms with Crippen LogP contribution in [0.4, 0.5) is 0 Å². The van der Waals surface area contributed by atoms with Gasteiger partial charge in [0.2, 0.25) is 0 Å². The van der Waals surface area contributed by atoms with E-state index in [-0.39, 0.29) is 17.0 Å². The van der Waals surface area contributed by atoms with Gasteiger partial charge in [-0.2, -0.15) is 0 Å². The molecule has 1 aliphatic heterocycles. The number of ether oxygens (including phenoxy) is 1. The average molecular weight is 350 g/mol. The van der Waals surface area contributed by atoms with Crippen LogP contribution in [-0.4, -0.2) is 59.6 Å². The summed E-state index contributed by atoms with van der Waals surface area (Å²) >= 11 is 1.46. The molecule has 3 heterocycles. The first-order valence-corrected chi connectivity index (χ1v) is 8.95. The first-order valence-electron chi connectivity index (χ1n) is 8.14. The lowest BCUT2D eigenvalue weighted by atomic mass is 10.3. The van der Waals surface area contributed by atoms with Crippen molar-refractivity contribution in [1.29, 1.82) is 0 Å². The molecule has 8 heteroatoms. The van der Waals surface area contributed by atoms with Crippen molar-refractivity contribution in [1.82, 2.24) is 19.6 Å². The molecule has 2 aromatic rings. The van der Waals surface area contributed by atoms with Gasteiger partial charge >= 0.3 is 0 Å². The highest BCUT2D eigenvalue weighted by Gasteiger charge is 2.16. The number of aromatic nitrogens is 2. The van der Waals surface area contributed by atoms with E-state index in [0.717, 1.165) is 49.8 Å². The zero-order chi connectivity index (χ0) is 17.1. The minimum atomic E-state index is -0.355. The molecule has 130 valence electrons. The molecule has 2 aromatic heterocycles. The van der Waals surface area contributed by atoms with Crippen LogP contribution in [-0.2, 0) is 4.74 Å². The smallest absolute Gasteiger partial charge is 0.271 e. The lowest BCUT2D eigenvalue weighted by Crippen LogP contribution is -2.38. The number of hydrogen-bond donors (Lipinski definition) is 1. The summed E-state index contributed by atoms with van der Waals surface area (Å²) in [6, 6.07) is 0. The van der Waals surface area contributed by atoms with Gasteiger partial charge in [0.05, 0.1) is 13.2 Å². The van der Waals surface area contributed by atoms with Crippen LogP contribution in [0.5, 0.6) is 0 Å². The zero-order valence-electron chi connectivity index (χ0n) is 14.0. The summed E-state index contributed by atoms with van der Waals surface area (Å²) in [5.74, 6) is -0.355. The first-order chi connectivity index (χ1) is 11.6. The summed E-state index contributed by atoms with van der Waals surface area (Å²) in [5, 5.41) is 2.82. The Morgan fingerprint density at radius 1 is 1.38 bits per heavy atom. The van der Waals surface area contributed by atoms with Gasteiger partial charge < -0.3 is 10.1 Å². The molecule has 3 rings (SSSR count). The molecule has 1 aliphatic rings. The molecule has 1 fully saturated rings. The van der Waals surface area contributed by atoms with E-state index in [1.807, 2.05) is 13.8 Å². The average Bonchev–Trinajstić information content (AvgIpc) is 2.88. The quantitative estimate of drug-likeness (QED) is 0.808. The largest absolute Gasteiger partial charge is 0.379 e. The third kappa shape index (κ3) is 3.50. The number of morpholine rings is 1. The number of nitrogens with one attached hydrogen (secondary N) is 1. The number of fused-ring (bicyclic) bond motifs is 1. The molecular formula is C16H22N4O3S. The fourth-order valence-electron chi connectivity index (χ4n) is 2.76.